The predicted molar refractivity (Wildman–Crippen MR) is 88.2 cm³/mol. The van der Waals surface area contributed by atoms with E-state index in [0.29, 0.717) is 0 Å². The SMILES string of the molecule is CC(C)(CCNC1CC1)c1csc2c(Br)cccc12. The summed E-state index contributed by atoms with van der Waals surface area (Å²) in [5, 5.41) is 7.38. The molecule has 1 aromatic carbocycles. The van der Waals surface area contributed by atoms with E-state index in [4.69, 9.17) is 0 Å². The van der Waals surface area contributed by atoms with Gasteiger partial charge in [-0.2, -0.15) is 0 Å². The van der Waals surface area contributed by atoms with Crippen LogP contribution in [-0.2, 0) is 5.41 Å². The second-order valence-electron chi connectivity index (χ2n) is 6.13. The number of fused-ring (bicyclic) bond motifs is 1. The van der Waals surface area contributed by atoms with Gasteiger partial charge in [-0.15, -0.1) is 11.3 Å². The summed E-state index contributed by atoms with van der Waals surface area (Å²) < 4.78 is 2.59. The minimum atomic E-state index is 0.237. The molecule has 1 saturated carbocycles. The highest BCUT2D eigenvalue weighted by Gasteiger charge is 2.26. The third-order valence-corrected chi connectivity index (χ3v) is 5.99. The van der Waals surface area contributed by atoms with Gasteiger partial charge in [-0.3, -0.25) is 0 Å². The largest absolute Gasteiger partial charge is 0.314 e. The first-order valence-corrected chi connectivity index (χ1v) is 8.65. The van der Waals surface area contributed by atoms with E-state index < -0.39 is 0 Å². The zero-order valence-corrected chi connectivity index (χ0v) is 13.9. The van der Waals surface area contributed by atoms with Crippen LogP contribution < -0.4 is 5.32 Å². The van der Waals surface area contributed by atoms with Gasteiger partial charge in [0.1, 0.15) is 0 Å². The summed E-state index contributed by atoms with van der Waals surface area (Å²) in [5.41, 5.74) is 1.73. The van der Waals surface area contributed by atoms with Crippen molar-refractivity contribution >= 4 is 37.4 Å². The molecule has 1 N–H and O–H groups in total. The van der Waals surface area contributed by atoms with Crippen LogP contribution in [0.2, 0.25) is 0 Å². The molecule has 1 nitrogen and oxygen atoms in total. The van der Waals surface area contributed by atoms with Crippen LogP contribution in [0.3, 0.4) is 0 Å². The molecule has 1 aliphatic rings. The number of benzene rings is 1. The van der Waals surface area contributed by atoms with Crippen molar-refractivity contribution in [2.24, 2.45) is 0 Å². The molecule has 102 valence electrons. The van der Waals surface area contributed by atoms with Gasteiger partial charge in [0.05, 0.1) is 0 Å². The molecular formula is C16H20BrNS. The van der Waals surface area contributed by atoms with Crippen LogP contribution in [0, 0.1) is 0 Å². The Morgan fingerprint density at radius 2 is 2.16 bits per heavy atom. The average molecular weight is 338 g/mol. The molecule has 0 atom stereocenters. The van der Waals surface area contributed by atoms with E-state index in [9.17, 15) is 0 Å². The minimum absolute atomic E-state index is 0.237. The Morgan fingerprint density at radius 1 is 1.37 bits per heavy atom. The molecule has 1 aromatic heterocycles. The molecule has 0 radical (unpaired) electrons. The molecule has 1 aliphatic carbocycles. The number of halogens is 1. The molecule has 0 bridgehead atoms. The van der Waals surface area contributed by atoms with Crippen molar-refractivity contribution < 1.29 is 0 Å². The Balaban J connectivity index is 1.82. The third kappa shape index (κ3) is 2.88. The van der Waals surface area contributed by atoms with Gasteiger partial charge < -0.3 is 5.32 Å². The number of rotatable bonds is 5. The van der Waals surface area contributed by atoms with Gasteiger partial charge in [-0.1, -0.05) is 26.0 Å². The molecule has 0 spiro atoms. The second-order valence-corrected chi connectivity index (χ2v) is 7.86. The van der Waals surface area contributed by atoms with Crippen molar-refractivity contribution in [3.8, 4) is 0 Å². The summed E-state index contributed by atoms with van der Waals surface area (Å²) in [6.45, 7) is 5.86. The van der Waals surface area contributed by atoms with Crippen molar-refractivity contribution in [2.75, 3.05) is 6.54 Å². The van der Waals surface area contributed by atoms with Crippen LogP contribution in [0.4, 0.5) is 0 Å². The van der Waals surface area contributed by atoms with E-state index >= 15 is 0 Å². The first kappa shape index (κ1) is 13.6. The number of hydrogen-bond acceptors (Lipinski definition) is 2. The van der Waals surface area contributed by atoms with Crippen molar-refractivity contribution in [1.29, 1.82) is 0 Å². The lowest BCUT2D eigenvalue weighted by Gasteiger charge is -2.25. The zero-order valence-electron chi connectivity index (χ0n) is 11.5. The van der Waals surface area contributed by atoms with Crippen molar-refractivity contribution in [3.63, 3.8) is 0 Å². The van der Waals surface area contributed by atoms with Gasteiger partial charge in [0.25, 0.3) is 0 Å². The zero-order chi connectivity index (χ0) is 13.5. The molecule has 0 saturated heterocycles. The van der Waals surface area contributed by atoms with E-state index in [2.05, 4.69) is 58.7 Å². The lowest BCUT2D eigenvalue weighted by Crippen LogP contribution is -2.26. The maximum absolute atomic E-state index is 3.65. The highest BCUT2D eigenvalue weighted by atomic mass is 79.9. The fourth-order valence-corrected chi connectivity index (χ4v) is 4.37. The second kappa shape index (κ2) is 5.19. The summed E-state index contributed by atoms with van der Waals surface area (Å²) in [4.78, 5) is 0. The standard InChI is InChI=1S/C16H20BrNS/c1-16(2,8-9-18-11-6-7-11)13-10-19-15-12(13)4-3-5-14(15)17/h3-5,10-11,18H,6-9H2,1-2H3. The lowest BCUT2D eigenvalue weighted by molar-refractivity contribution is 0.460. The topological polar surface area (TPSA) is 12.0 Å². The quantitative estimate of drug-likeness (QED) is 0.801. The first-order chi connectivity index (χ1) is 9.08. The molecule has 19 heavy (non-hydrogen) atoms. The summed E-state index contributed by atoms with van der Waals surface area (Å²) >= 11 is 5.51. The van der Waals surface area contributed by atoms with E-state index in [0.717, 1.165) is 12.6 Å². The first-order valence-electron chi connectivity index (χ1n) is 6.97. The number of hydrogen-bond donors (Lipinski definition) is 1. The van der Waals surface area contributed by atoms with E-state index in [1.54, 1.807) is 0 Å². The Bertz CT molecular complexity index is 583. The van der Waals surface area contributed by atoms with Crippen molar-refractivity contribution in [3.05, 3.63) is 33.6 Å². The maximum Gasteiger partial charge on any atom is 0.0487 e. The molecule has 0 unspecified atom stereocenters. The van der Waals surface area contributed by atoms with Crippen molar-refractivity contribution in [1.82, 2.24) is 5.32 Å². The maximum atomic E-state index is 3.65. The number of nitrogens with one attached hydrogen (secondary N) is 1. The van der Waals surface area contributed by atoms with Crippen LogP contribution >= 0.6 is 27.3 Å². The summed E-state index contributed by atoms with van der Waals surface area (Å²) in [7, 11) is 0. The lowest BCUT2D eigenvalue weighted by atomic mass is 9.81. The molecule has 2 aromatic rings. The van der Waals surface area contributed by atoms with Crippen molar-refractivity contribution in [2.45, 2.75) is 44.6 Å². The molecule has 3 rings (SSSR count). The Morgan fingerprint density at radius 3 is 2.89 bits per heavy atom. The van der Waals surface area contributed by atoms with E-state index in [-0.39, 0.29) is 5.41 Å². The Kier molecular flexibility index (Phi) is 3.71. The van der Waals surface area contributed by atoms with Crippen LogP contribution in [0.5, 0.6) is 0 Å². The fraction of sp³-hybridized carbons (Fsp3) is 0.500. The van der Waals surface area contributed by atoms with Gasteiger partial charge in [0, 0.05) is 15.2 Å². The predicted octanol–water partition coefficient (Wildman–Crippen LogP) is 5.08. The third-order valence-electron chi connectivity index (χ3n) is 4.04. The van der Waals surface area contributed by atoms with Crippen LogP contribution in [0.1, 0.15) is 38.7 Å². The molecule has 0 amide bonds. The Hall–Kier alpha value is -0.380. The highest BCUT2D eigenvalue weighted by molar-refractivity contribution is 9.10. The Labute approximate surface area is 127 Å². The smallest absolute Gasteiger partial charge is 0.0487 e. The molecule has 1 heterocycles. The van der Waals surface area contributed by atoms with E-state index in [1.807, 2.05) is 11.3 Å². The van der Waals surface area contributed by atoms with Gasteiger partial charge in [0.2, 0.25) is 0 Å². The monoisotopic (exact) mass is 337 g/mol. The molecule has 0 aliphatic heterocycles. The van der Waals surface area contributed by atoms with Crippen LogP contribution in [-0.4, -0.2) is 12.6 Å². The minimum Gasteiger partial charge on any atom is -0.314 e. The highest BCUT2D eigenvalue weighted by Crippen LogP contribution is 2.39. The fourth-order valence-electron chi connectivity index (χ4n) is 2.56. The van der Waals surface area contributed by atoms with E-state index in [1.165, 1.54) is 39.4 Å². The molecule has 3 heteroatoms. The van der Waals surface area contributed by atoms with Gasteiger partial charge in [-0.05, 0) is 69.5 Å². The van der Waals surface area contributed by atoms with Crippen LogP contribution in [0.15, 0.2) is 28.1 Å². The summed E-state index contributed by atoms with van der Waals surface area (Å²) in [5.74, 6) is 0. The average Bonchev–Trinajstić information content (AvgIpc) is 3.06. The number of thiophene rings is 1. The summed E-state index contributed by atoms with van der Waals surface area (Å²) in [6, 6.07) is 7.33. The molecular weight excluding hydrogens is 318 g/mol. The van der Waals surface area contributed by atoms with Gasteiger partial charge in [-0.25, -0.2) is 0 Å². The molecule has 1 fully saturated rings. The normalized spacial score (nSPS) is 16.2. The van der Waals surface area contributed by atoms with Crippen LogP contribution in [0.25, 0.3) is 10.1 Å². The van der Waals surface area contributed by atoms with Gasteiger partial charge >= 0.3 is 0 Å². The summed E-state index contributed by atoms with van der Waals surface area (Å²) in [6.07, 6.45) is 3.94. The van der Waals surface area contributed by atoms with Gasteiger partial charge in [0.15, 0.2) is 0 Å².